The van der Waals surface area contributed by atoms with Crippen LogP contribution in [0.25, 0.3) is 11.3 Å². The topological polar surface area (TPSA) is 49.0 Å². The van der Waals surface area contributed by atoms with E-state index in [9.17, 15) is 4.79 Å². The summed E-state index contributed by atoms with van der Waals surface area (Å²) in [6.45, 7) is 9.30. The summed E-state index contributed by atoms with van der Waals surface area (Å²) in [6.07, 6.45) is 0.921. The second-order valence-electron chi connectivity index (χ2n) is 7.95. The third-order valence-corrected chi connectivity index (χ3v) is 5.57. The lowest BCUT2D eigenvalue weighted by atomic mass is 9.93. The van der Waals surface area contributed by atoms with Crippen molar-refractivity contribution >= 4 is 5.91 Å². The Labute approximate surface area is 166 Å². The molecule has 144 valence electrons. The molecular weight excluding hydrogens is 346 g/mol. The van der Waals surface area contributed by atoms with Gasteiger partial charge in [-0.05, 0) is 30.4 Å². The van der Waals surface area contributed by atoms with Gasteiger partial charge in [-0.25, -0.2) is 0 Å². The number of amides is 1. The van der Waals surface area contributed by atoms with Gasteiger partial charge in [-0.3, -0.25) is 9.89 Å². The highest BCUT2D eigenvalue weighted by molar-refractivity contribution is 6.00. The highest BCUT2D eigenvalue weighted by atomic mass is 16.2. The van der Waals surface area contributed by atoms with Crippen molar-refractivity contribution in [3.05, 3.63) is 76.5 Å². The SMILES string of the molecule is CCCN1C(=O)c2[nH]nc(-c3ccc(C)cc3)c2C1c1ccc(C(C)C)cc1. The normalized spacial score (nSPS) is 16.1. The van der Waals surface area contributed by atoms with E-state index in [1.807, 2.05) is 4.90 Å². The van der Waals surface area contributed by atoms with Gasteiger partial charge in [0.1, 0.15) is 5.69 Å². The maximum Gasteiger partial charge on any atom is 0.273 e. The van der Waals surface area contributed by atoms with Crippen molar-refractivity contribution in [1.29, 1.82) is 0 Å². The Morgan fingerprint density at radius 2 is 1.75 bits per heavy atom. The number of nitrogens with one attached hydrogen (secondary N) is 1. The number of aromatic amines is 1. The van der Waals surface area contributed by atoms with Crippen LogP contribution in [0.1, 0.15) is 71.9 Å². The largest absolute Gasteiger partial charge is 0.326 e. The van der Waals surface area contributed by atoms with E-state index < -0.39 is 0 Å². The molecule has 0 saturated carbocycles. The Hall–Kier alpha value is -2.88. The average Bonchev–Trinajstić information content (AvgIpc) is 3.23. The Morgan fingerprint density at radius 1 is 1.07 bits per heavy atom. The van der Waals surface area contributed by atoms with Crippen molar-refractivity contribution in [2.45, 2.75) is 46.1 Å². The zero-order chi connectivity index (χ0) is 19.8. The molecule has 0 fully saturated rings. The number of fused-ring (bicyclic) bond motifs is 1. The maximum atomic E-state index is 13.1. The molecule has 28 heavy (non-hydrogen) atoms. The molecule has 2 heterocycles. The lowest BCUT2D eigenvalue weighted by Gasteiger charge is -2.26. The molecular formula is C24H27N3O. The summed E-state index contributed by atoms with van der Waals surface area (Å²) < 4.78 is 0. The first-order chi connectivity index (χ1) is 13.5. The molecule has 0 spiro atoms. The summed E-state index contributed by atoms with van der Waals surface area (Å²) in [5.41, 5.74) is 7.20. The Morgan fingerprint density at radius 3 is 2.36 bits per heavy atom. The van der Waals surface area contributed by atoms with Gasteiger partial charge < -0.3 is 4.90 Å². The quantitative estimate of drug-likeness (QED) is 0.645. The number of benzene rings is 2. The van der Waals surface area contributed by atoms with Gasteiger partial charge in [-0.2, -0.15) is 5.10 Å². The number of carbonyl (C=O) groups is 1. The third-order valence-electron chi connectivity index (χ3n) is 5.57. The zero-order valence-electron chi connectivity index (χ0n) is 17.0. The molecule has 1 aliphatic heterocycles. The molecule has 1 aliphatic rings. The van der Waals surface area contributed by atoms with Crippen LogP contribution in [-0.2, 0) is 0 Å². The minimum Gasteiger partial charge on any atom is -0.326 e. The summed E-state index contributed by atoms with van der Waals surface area (Å²) in [5.74, 6) is 0.527. The van der Waals surface area contributed by atoms with Crippen molar-refractivity contribution in [2.75, 3.05) is 6.54 Å². The van der Waals surface area contributed by atoms with Crippen LogP contribution in [0, 0.1) is 6.92 Å². The van der Waals surface area contributed by atoms with Gasteiger partial charge in [0, 0.05) is 17.7 Å². The summed E-state index contributed by atoms with van der Waals surface area (Å²) in [5, 5.41) is 7.56. The van der Waals surface area contributed by atoms with Gasteiger partial charge in [0.05, 0.1) is 11.7 Å². The molecule has 0 radical (unpaired) electrons. The van der Waals surface area contributed by atoms with Gasteiger partial charge >= 0.3 is 0 Å². The van der Waals surface area contributed by atoms with Gasteiger partial charge in [0.15, 0.2) is 0 Å². The minimum absolute atomic E-state index is 0.0423. The van der Waals surface area contributed by atoms with E-state index >= 15 is 0 Å². The van der Waals surface area contributed by atoms with Crippen molar-refractivity contribution < 1.29 is 4.79 Å². The number of hydrogen-bond acceptors (Lipinski definition) is 2. The first-order valence-corrected chi connectivity index (χ1v) is 10.1. The molecule has 4 heteroatoms. The van der Waals surface area contributed by atoms with Crippen LogP contribution >= 0.6 is 0 Å². The Bertz CT molecular complexity index is 984. The van der Waals surface area contributed by atoms with Gasteiger partial charge in [0.25, 0.3) is 5.91 Å². The smallest absolute Gasteiger partial charge is 0.273 e. The van der Waals surface area contributed by atoms with Crippen LogP contribution in [0.3, 0.4) is 0 Å². The fourth-order valence-corrected chi connectivity index (χ4v) is 4.01. The highest BCUT2D eigenvalue weighted by Crippen LogP contribution is 2.43. The Balaban J connectivity index is 1.84. The lowest BCUT2D eigenvalue weighted by molar-refractivity contribution is 0.0744. The molecule has 0 bridgehead atoms. The predicted octanol–water partition coefficient (Wildman–Crippen LogP) is 5.46. The average molecular weight is 374 g/mol. The molecule has 4 nitrogen and oxygen atoms in total. The molecule has 0 aliphatic carbocycles. The minimum atomic E-state index is -0.0984. The van der Waals surface area contributed by atoms with Crippen LogP contribution in [0.2, 0.25) is 0 Å². The lowest BCUT2D eigenvalue weighted by Crippen LogP contribution is -2.30. The Kier molecular flexibility index (Phi) is 4.80. The van der Waals surface area contributed by atoms with Gasteiger partial charge in [-0.1, -0.05) is 74.9 Å². The van der Waals surface area contributed by atoms with Gasteiger partial charge in [0.2, 0.25) is 0 Å². The molecule has 1 amide bonds. The summed E-state index contributed by atoms with van der Waals surface area (Å²) in [6, 6.07) is 16.9. The molecule has 1 atom stereocenters. The first kappa shape index (κ1) is 18.5. The molecule has 1 aromatic heterocycles. The van der Waals surface area contributed by atoms with E-state index in [1.165, 1.54) is 11.1 Å². The molecule has 3 aromatic rings. The van der Waals surface area contributed by atoms with E-state index in [2.05, 4.69) is 86.4 Å². The number of aromatic nitrogens is 2. The number of nitrogens with zero attached hydrogens (tertiary/aromatic N) is 2. The van der Waals surface area contributed by atoms with Crippen LogP contribution in [0.15, 0.2) is 48.5 Å². The molecule has 4 rings (SSSR count). The van der Waals surface area contributed by atoms with Gasteiger partial charge in [-0.15, -0.1) is 0 Å². The summed E-state index contributed by atoms with van der Waals surface area (Å²) >= 11 is 0. The van der Waals surface area contributed by atoms with Crippen molar-refractivity contribution in [3.63, 3.8) is 0 Å². The fraction of sp³-hybridized carbons (Fsp3) is 0.333. The molecule has 2 aromatic carbocycles. The third kappa shape index (κ3) is 3.03. The van der Waals surface area contributed by atoms with E-state index in [0.717, 1.165) is 35.3 Å². The number of H-pyrrole nitrogens is 1. The van der Waals surface area contributed by atoms with E-state index in [1.54, 1.807) is 0 Å². The zero-order valence-corrected chi connectivity index (χ0v) is 17.0. The number of carbonyl (C=O) groups excluding carboxylic acids is 1. The van der Waals surface area contributed by atoms with Crippen molar-refractivity contribution in [2.24, 2.45) is 0 Å². The van der Waals surface area contributed by atoms with Crippen LogP contribution in [0.5, 0.6) is 0 Å². The molecule has 0 saturated heterocycles. The first-order valence-electron chi connectivity index (χ1n) is 10.1. The predicted molar refractivity (Wildman–Crippen MR) is 112 cm³/mol. The monoisotopic (exact) mass is 373 g/mol. The van der Waals surface area contributed by atoms with E-state index in [4.69, 9.17) is 0 Å². The van der Waals surface area contributed by atoms with Crippen molar-refractivity contribution in [3.8, 4) is 11.3 Å². The summed E-state index contributed by atoms with van der Waals surface area (Å²) in [4.78, 5) is 15.1. The number of aryl methyl sites for hydroxylation is 1. The second-order valence-corrected chi connectivity index (χ2v) is 7.95. The molecule has 1 unspecified atom stereocenters. The molecule has 1 N–H and O–H groups in total. The van der Waals surface area contributed by atoms with Crippen LogP contribution in [-0.4, -0.2) is 27.5 Å². The van der Waals surface area contributed by atoms with Crippen LogP contribution in [0.4, 0.5) is 0 Å². The standard InChI is InChI=1S/C24H27N3O/c1-5-14-27-23(19-12-10-17(11-13-19)15(2)3)20-21(25-26-22(20)24(27)28)18-8-6-16(4)7-9-18/h6-13,15,23H,5,14H2,1-4H3,(H,25,26). The second kappa shape index (κ2) is 7.27. The van der Waals surface area contributed by atoms with E-state index in [0.29, 0.717) is 11.6 Å². The highest BCUT2D eigenvalue weighted by Gasteiger charge is 2.41. The number of hydrogen-bond donors (Lipinski definition) is 1. The van der Waals surface area contributed by atoms with E-state index in [-0.39, 0.29) is 11.9 Å². The van der Waals surface area contributed by atoms with Crippen LogP contribution < -0.4 is 0 Å². The maximum absolute atomic E-state index is 13.1. The summed E-state index contributed by atoms with van der Waals surface area (Å²) in [7, 11) is 0. The number of rotatable bonds is 5. The van der Waals surface area contributed by atoms with Crippen molar-refractivity contribution in [1.82, 2.24) is 15.1 Å². The fourth-order valence-electron chi connectivity index (χ4n) is 4.01.